The molecular formula is C11H11ClN2O2. The zero-order valence-corrected chi connectivity index (χ0v) is 9.57. The number of aromatic nitrogens is 2. The van der Waals surface area contributed by atoms with Gasteiger partial charge < -0.3 is 9.47 Å². The fraction of sp³-hybridized carbons (Fsp3) is 0.273. The Kier molecular flexibility index (Phi) is 3.41. The summed E-state index contributed by atoms with van der Waals surface area (Å²) in [5, 5.41) is 0.914. The normalized spacial score (nSPS) is 10.4. The van der Waals surface area contributed by atoms with Crippen molar-refractivity contribution in [3.8, 4) is 11.5 Å². The number of halogens is 1. The third-order valence-corrected chi connectivity index (χ3v) is 2.28. The smallest absolute Gasteiger partial charge is 0.163 e. The highest BCUT2D eigenvalue weighted by atomic mass is 35.5. The van der Waals surface area contributed by atoms with Gasteiger partial charge in [-0.1, -0.05) is 0 Å². The van der Waals surface area contributed by atoms with Crippen molar-refractivity contribution in [3.63, 3.8) is 0 Å². The minimum absolute atomic E-state index is 0.435. The second kappa shape index (κ2) is 4.99. The van der Waals surface area contributed by atoms with Gasteiger partial charge in [-0.15, -0.1) is 11.6 Å². The van der Waals surface area contributed by atoms with E-state index in [2.05, 4.69) is 9.97 Å². The number of nitrogens with zero attached hydrogens (tertiary/aromatic N) is 2. The molecular weight excluding hydrogens is 228 g/mol. The first-order chi connectivity index (χ1) is 7.85. The molecule has 0 aliphatic rings. The second-order valence-corrected chi connectivity index (χ2v) is 3.50. The van der Waals surface area contributed by atoms with Gasteiger partial charge in [0.2, 0.25) is 0 Å². The molecule has 0 spiro atoms. The van der Waals surface area contributed by atoms with Crippen molar-refractivity contribution in [1.29, 1.82) is 0 Å². The lowest BCUT2D eigenvalue weighted by atomic mass is 10.2. The molecule has 0 radical (unpaired) electrons. The summed E-state index contributed by atoms with van der Waals surface area (Å²) in [6.07, 6.45) is 3.23. The summed E-state index contributed by atoms with van der Waals surface area (Å²) < 4.78 is 10.7. The molecule has 0 aliphatic heterocycles. The number of benzene rings is 1. The fourth-order valence-electron chi connectivity index (χ4n) is 1.41. The van der Waals surface area contributed by atoms with Gasteiger partial charge in [-0.05, 0) is 6.07 Å². The van der Waals surface area contributed by atoms with E-state index >= 15 is 0 Å². The van der Waals surface area contributed by atoms with Crippen molar-refractivity contribution in [2.75, 3.05) is 19.6 Å². The molecule has 2 aromatic rings. The van der Waals surface area contributed by atoms with Crippen molar-refractivity contribution in [2.45, 2.75) is 0 Å². The molecule has 2 rings (SSSR count). The fourth-order valence-corrected chi connectivity index (χ4v) is 1.49. The standard InChI is InChI=1S/C11H11ClN2O2/c1-15-10-4-8-6-13-7-14-9(8)5-11(10)16-3-2-12/h4-7H,2-3H2,1H3. The highest BCUT2D eigenvalue weighted by Gasteiger charge is 2.07. The van der Waals surface area contributed by atoms with E-state index in [0.717, 1.165) is 10.9 Å². The number of alkyl halides is 1. The first-order valence-corrected chi connectivity index (χ1v) is 5.35. The van der Waals surface area contributed by atoms with Crippen LogP contribution in [0, 0.1) is 0 Å². The van der Waals surface area contributed by atoms with Gasteiger partial charge >= 0.3 is 0 Å². The van der Waals surface area contributed by atoms with Crippen molar-refractivity contribution < 1.29 is 9.47 Å². The van der Waals surface area contributed by atoms with Crippen LogP contribution in [0.5, 0.6) is 11.5 Å². The van der Waals surface area contributed by atoms with E-state index in [4.69, 9.17) is 21.1 Å². The number of ether oxygens (including phenoxy) is 2. The van der Waals surface area contributed by atoms with Crippen LogP contribution >= 0.6 is 11.6 Å². The van der Waals surface area contributed by atoms with Gasteiger partial charge in [-0.3, -0.25) is 0 Å². The van der Waals surface area contributed by atoms with Crippen LogP contribution in [0.25, 0.3) is 10.9 Å². The molecule has 1 aromatic heterocycles. The van der Waals surface area contributed by atoms with E-state index in [1.54, 1.807) is 13.3 Å². The van der Waals surface area contributed by atoms with Crippen LogP contribution in [-0.2, 0) is 0 Å². The number of methoxy groups -OCH3 is 1. The molecule has 5 heteroatoms. The van der Waals surface area contributed by atoms with Crippen molar-refractivity contribution in [1.82, 2.24) is 9.97 Å². The van der Waals surface area contributed by atoms with Crippen LogP contribution in [0.4, 0.5) is 0 Å². The molecule has 0 N–H and O–H groups in total. The summed E-state index contributed by atoms with van der Waals surface area (Å²) in [5.41, 5.74) is 0.820. The van der Waals surface area contributed by atoms with Crippen LogP contribution in [-0.4, -0.2) is 29.6 Å². The average molecular weight is 239 g/mol. The summed E-state index contributed by atoms with van der Waals surface area (Å²) in [5.74, 6) is 1.74. The minimum atomic E-state index is 0.435. The van der Waals surface area contributed by atoms with Crippen molar-refractivity contribution in [3.05, 3.63) is 24.7 Å². The molecule has 1 heterocycles. The molecule has 16 heavy (non-hydrogen) atoms. The third kappa shape index (κ3) is 2.17. The Bertz CT molecular complexity index is 490. The van der Waals surface area contributed by atoms with E-state index < -0.39 is 0 Å². The quantitative estimate of drug-likeness (QED) is 0.767. The van der Waals surface area contributed by atoms with E-state index in [1.165, 1.54) is 6.33 Å². The Balaban J connectivity index is 2.45. The topological polar surface area (TPSA) is 44.2 Å². The lowest BCUT2D eigenvalue weighted by Crippen LogP contribution is -2.00. The number of hydrogen-bond donors (Lipinski definition) is 0. The summed E-state index contributed by atoms with van der Waals surface area (Å²) in [7, 11) is 1.60. The number of rotatable bonds is 4. The summed E-state index contributed by atoms with van der Waals surface area (Å²) >= 11 is 5.57. The Labute approximate surface area is 98.2 Å². The van der Waals surface area contributed by atoms with Crippen LogP contribution in [0.15, 0.2) is 24.7 Å². The van der Waals surface area contributed by atoms with Crippen molar-refractivity contribution >= 4 is 22.5 Å². The Morgan fingerprint density at radius 3 is 2.94 bits per heavy atom. The van der Waals surface area contributed by atoms with Gasteiger partial charge in [0, 0.05) is 17.6 Å². The largest absolute Gasteiger partial charge is 0.493 e. The van der Waals surface area contributed by atoms with Crippen molar-refractivity contribution in [2.24, 2.45) is 0 Å². The lowest BCUT2D eigenvalue weighted by Gasteiger charge is -2.10. The Morgan fingerprint density at radius 2 is 2.19 bits per heavy atom. The van der Waals surface area contributed by atoms with Gasteiger partial charge in [0.05, 0.1) is 18.5 Å². The highest BCUT2D eigenvalue weighted by molar-refractivity contribution is 6.18. The zero-order chi connectivity index (χ0) is 11.4. The molecule has 0 unspecified atom stereocenters. The molecule has 0 aliphatic carbocycles. The lowest BCUT2D eigenvalue weighted by molar-refractivity contribution is 0.313. The first kappa shape index (κ1) is 11.0. The maximum absolute atomic E-state index is 5.57. The van der Waals surface area contributed by atoms with E-state index in [-0.39, 0.29) is 0 Å². The average Bonchev–Trinajstić information content (AvgIpc) is 2.35. The van der Waals surface area contributed by atoms with Crippen LogP contribution in [0.1, 0.15) is 0 Å². The Morgan fingerprint density at radius 1 is 1.31 bits per heavy atom. The van der Waals surface area contributed by atoms with Crippen LogP contribution in [0.2, 0.25) is 0 Å². The third-order valence-electron chi connectivity index (χ3n) is 2.12. The van der Waals surface area contributed by atoms with Gasteiger partial charge in [0.25, 0.3) is 0 Å². The van der Waals surface area contributed by atoms with Crippen LogP contribution in [0.3, 0.4) is 0 Å². The molecule has 4 nitrogen and oxygen atoms in total. The van der Waals surface area contributed by atoms with Crippen LogP contribution < -0.4 is 9.47 Å². The minimum Gasteiger partial charge on any atom is -0.493 e. The Hall–Kier alpha value is -1.55. The summed E-state index contributed by atoms with van der Waals surface area (Å²) in [4.78, 5) is 8.10. The molecule has 0 bridgehead atoms. The molecule has 0 saturated carbocycles. The molecule has 0 fully saturated rings. The SMILES string of the molecule is COc1cc2cncnc2cc1OCCCl. The summed E-state index contributed by atoms with van der Waals surface area (Å²) in [6.45, 7) is 0.439. The van der Waals surface area contributed by atoms with E-state index in [9.17, 15) is 0 Å². The van der Waals surface area contributed by atoms with Gasteiger partial charge in [-0.2, -0.15) is 0 Å². The second-order valence-electron chi connectivity index (χ2n) is 3.12. The predicted octanol–water partition coefficient (Wildman–Crippen LogP) is 2.26. The molecule has 0 saturated heterocycles. The molecule has 0 atom stereocenters. The molecule has 84 valence electrons. The maximum atomic E-state index is 5.57. The first-order valence-electron chi connectivity index (χ1n) is 4.81. The van der Waals surface area contributed by atoms with E-state index in [0.29, 0.717) is 24.0 Å². The molecule has 0 amide bonds. The van der Waals surface area contributed by atoms with Gasteiger partial charge in [0.15, 0.2) is 11.5 Å². The van der Waals surface area contributed by atoms with Gasteiger partial charge in [-0.25, -0.2) is 9.97 Å². The van der Waals surface area contributed by atoms with Gasteiger partial charge in [0.1, 0.15) is 12.9 Å². The van der Waals surface area contributed by atoms with E-state index in [1.807, 2.05) is 12.1 Å². The monoisotopic (exact) mass is 238 g/mol. The number of hydrogen-bond acceptors (Lipinski definition) is 4. The maximum Gasteiger partial charge on any atom is 0.163 e. The number of fused-ring (bicyclic) bond motifs is 1. The summed E-state index contributed by atoms with van der Waals surface area (Å²) in [6, 6.07) is 3.67. The highest BCUT2D eigenvalue weighted by Crippen LogP contribution is 2.31. The molecule has 1 aromatic carbocycles. The zero-order valence-electron chi connectivity index (χ0n) is 8.81. The predicted molar refractivity (Wildman–Crippen MR) is 62.3 cm³/mol.